The number of rotatable bonds is 7. The van der Waals surface area contributed by atoms with Gasteiger partial charge in [-0.1, -0.05) is 55.3 Å². The zero-order chi connectivity index (χ0) is 26.3. The van der Waals surface area contributed by atoms with Gasteiger partial charge in [0.2, 0.25) is 0 Å². The molecule has 1 aromatic carbocycles. The van der Waals surface area contributed by atoms with Gasteiger partial charge in [0.15, 0.2) is 0 Å². The van der Waals surface area contributed by atoms with E-state index in [1.54, 1.807) is 12.0 Å². The Morgan fingerprint density at radius 3 is 2.59 bits per heavy atom. The van der Waals surface area contributed by atoms with Crippen LogP contribution in [0.5, 0.6) is 0 Å². The summed E-state index contributed by atoms with van der Waals surface area (Å²) in [6.45, 7) is 6.09. The van der Waals surface area contributed by atoms with E-state index in [1.165, 1.54) is 11.1 Å². The first-order chi connectivity index (χ1) is 17.7. The molecule has 0 aliphatic heterocycles. The first-order valence-corrected chi connectivity index (χ1v) is 14.1. The number of benzene rings is 1. The highest BCUT2D eigenvalue weighted by molar-refractivity contribution is 5.89. The van der Waals surface area contributed by atoms with Gasteiger partial charge in [-0.15, -0.1) is 0 Å². The van der Waals surface area contributed by atoms with Gasteiger partial charge in [-0.05, 0) is 80.8 Å². The molecule has 5 rings (SSSR count). The molecule has 3 N–H and O–H groups in total. The molecule has 0 saturated heterocycles. The van der Waals surface area contributed by atoms with Gasteiger partial charge in [0.25, 0.3) is 0 Å². The van der Waals surface area contributed by atoms with Crippen molar-refractivity contribution in [2.45, 2.75) is 76.9 Å². The number of methoxy groups -OCH3 is 1. The largest absolute Gasteiger partial charge is 0.393 e. The van der Waals surface area contributed by atoms with Crippen molar-refractivity contribution in [3.8, 4) is 0 Å². The molecule has 0 radical (unpaired) electrons. The summed E-state index contributed by atoms with van der Waals surface area (Å²) in [6.07, 6.45) is 11.4. The fourth-order valence-corrected chi connectivity index (χ4v) is 8.05. The molecule has 0 unspecified atom stereocenters. The Morgan fingerprint density at radius 1 is 1.08 bits per heavy atom. The van der Waals surface area contributed by atoms with Gasteiger partial charge >= 0.3 is 6.03 Å². The van der Waals surface area contributed by atoms with Crippen molar-refractivity contribution in [2.75, 3.05) is 32.1 Å². The summed E-state index contributed by atoms with van der Waals surface area (Å²) < 4.78 is 5.26. The number of fused-ring (bicyclic) bond motifs is 5. The van der Waals surface area contributed by atoms with E-state index in [2.05, 4.69) is 31.3 Å². The molecule has 2 amide bonds. The van der Waals surface area contributed by atoms with Gasteiger partial charge in [0, 0.05) is 31.4 Å². The van der Waals surface area contributed by atoms with Crippen LogP contribution >= 0.6 is 0 Å². The fourth-order valence-electron chi connectivity index (χ4n) is 8.05. The minimum absolute atomic E-state index is 0.118. The van der Waals surface area contributed by atoms with E-state index >= 15 is 0 Å². The average Bonchev–Trinajstić information content (AvgIpc) is 3.15. The van der Waals surface area contributed by atoms with Crippen LogP contribution < -0.4 is 5.32 Å². The lowest BCUT2D eigenvalue weighted by Gasteiger charge is -2.56. The standard InChI is InChI=1S/C31H44N2O4/c1-29-15-12-24(34)20-22(29)10-11-25-26(29)13-16-30(2)27(25)14-17-31(30,36)21-33(18-7-19-37-3)28(35)32-23-8-5-4-6-9-23/h4-6,8-11,24,26-27,34,36H,7,12-21H2,1-3H3,(H,32,35)/t24-,26-,27-,29-,30-,31+/m0/s1. The van der Waals surface area contributed by atoms with Gasteiger partial charge in [0.05, 0.1) is 18.2 Å². The number of urea groups is 1. The quantitative estimate of drug-likeness (QED) is 0.423. The maximum Gasteiger partial charge on any atom is 0.321 e. The highest BCUT2D eigenvalue weighted by Gasteiger charge is 2.62. The number of carbonyl (C=O) groups is 1. The topological polar surface area (TPSA) is 82.0 Å². The molecule has 202 valence electrons. The monoisotopic (exact) mass is 508 g/mol. The van der Waals surface area contributed by atoms with Crippen molar-refractivity contribution >= 4 is 11.7 Å². The lowest BCUT2D eigenvalue weighted by molar-refractivity contribution is -0.0962. The summed E-state index contributed by atoms with van der Waals surface area (Å²) in [5.74, 6) is 0.801. The molecule has 0 heterocycles. The number of aliphatic hydroxyl groups is 2. The van der Waals surface area contributed by atoms with E-state index < -0.39 is 5.60 Å². The second kappa shape index (κ2) is 10.2. The van der Waals surface area contributed by atoms with E-state index in [-0.39, 0.29) is 23.0 Å². The second-order valence-electron chi connectivity index (χ2n) is 12.4. The Balaban J connectivity index is 1.38. The van der Waals surface area contributed by atoms with Crippen LogP contribution in [0.2, 0.25) is 0 Å². The molecule has 3 saturated carbocycles. The highest BCUT2D eigenvalue weighted by atomic mass is 16.5. The van der Waals surface area contributed by atoms with Gasteiger partial charge < -0.3 is 25.2 Å². The van der Waals surface area contributed by atoms with E-state index in [0.717, 1.165) is 50.6 Å². The summed E-state index contributed by atoms with van der Waals surface area (Å²) in [5, 5.41) is 25.6. The number of nitrogens with one attached hydrogen (secondary N) is 1. The smallest absolute Gasteiger partial charge is 0.321 e. The predicted octanol–water partition coefficient (Wildman–Crippen LogP) is 5.53. The molecule has 37 heavy (non-hydrogen) atoms. The van der Waals surface area contributed by atoms with Gasteiger partial charge in [-0.3, -0.25) is 0 Å². The van der Waals surface area contributed by atoms with Crippen molar-refractivity contribution in [1.82, 2.24) is 4.90 Å². The van der Waals surface area contributed by atoms with Crippen molar-refractivity contribution in [1.29, 1.82) is 0 Å². The molecule has 3 fully saturated rings. The minimum Gasteiger partial charge on any atom is -0.393 e. The second-order valence-corrected chi connectivity index (χ2v) is 12.4. The van der Waals surface area contributed by atoms with Crippen molar-refractivity contribution in [2.24, 2.45) is 22.7 Å². The molecule has 0 aromatic heterocycles. The number of amides is 2. The van der Waals surface area contributed by atoms with Crippen molar-refractivity contribution < 1.29 is 19.7 Å². The highest BCUT2D eigenvalue weighted by Crippen LogP contribution is 2.66. The lowest BCUT2D eigenvalue weighted by atomic mass is 9.50. The van der Waals surface area contributed by atoms with Gasteiger partial charge in [-0.25, -0.2) is 4.79 Å². The predicted molar refractivity (Wildman–Crippen MR) is 146 cm³/mol. The number of allylic oxidation sites excluding steroid dienone is 3. The van der Waals surface area contributed by atoms with Crippen LogP contribution in [-0.2, 0) is 4.74 Å². The third kappa shape index (κ3) is 4.66. The van der Waals surface area contributed by atoms with E-state index in [0.29, 0.717) is 38.0 Å². The SMILES string of the molecule is COCCCN(C[C@]1(O)CC[C@H]2C3=CC=C4C[C@@H](O)CC[C@]4(C)[C@H]3CC[C@@]21C)C(=O)Nc1ccccc1. The normalized spacial score (nSPS) is 36.5. The number of hydrogen-bond donors (Lipinski definition) is 3. The summed E-state index contributed by atoms with van der Waals surface area (Å²) in [7, 11) is 1.67. The molecule has 6 heteroatoms. The minimum atomic E-state index is -0.946. The number of carbonyl (C=O) groups excluding carboxylic acids is 1. The first-order valence-electron chi connectivity index (χ1n) is 14.1. The fraction of sp³-hybridized carbons (Fsp3) is 0.645. The van der Waals surface area contributed by atoms with Crippen LogP contribution in [0.1, 0.15) is 65.2 Å². The van der Waals surface area contributed by atoms with Crippen molar-refractivity contribution in [3.05, 3.63) is 53.6 Å². The maximum atomic E-state index is 13.4. The number of hydrogen-bond acceptors (Lipinski definition) is 4. The number of nitrogens with zero attached hydrogens (tertiary/aromatic N) is 1. The Morgan fingerprint density at radius 2 is 1.84 bits per heavy atom. The molecule has 4 aliphatic carbocycles. The van der Waals surface area contributed by atoms with Crippen LogP contribution in [0.25, 0.3) is 0 Å². The maximum absolute atomic E-state index is 13.4. The summed E-state index contributed by atoms with van der Waals surface area (Å²) >= 11 is 0. The van der Waals surface area contributed by atoms with Gasteiger partial charge in [-0.2, -0.15) is 0 Å². The lowest BCUT2D eigenvalue weighted by Crippen LogP contribution is -2.57. The van der Waals surface area contributed by atoms with Crippen LogP contribution in [-0.4, -0.2) is 59.7 Å². The Hall–Kier alpha value is -2.15. The number of para-hydroxylation sites is 1. The molecule has 0 bridgehead atoms. The molecule has 6 atom stereocenters. The molecule has 1 aromatic rings. The molecule has 0 spiro atoms. The Bertz CT molecular complexity index is 1050. The molecular weight excluding hydrogens is 464 g/mol. The third-order valence-corrected chi connectivity index (χ3v) is 10.4. The number of aliphatic hydroxyl groups excluding tert-OH is 1. The molecule has 6 nitrogen and oxygen atoms in total. The third-order valence-electron chi connectivity index (χ3n) is 10.4. The Labute approximate surface area is 221 Å². The zero-order valence-corrected chi connectivity index (χ0v) is 22.7. The van der Waals surface area contributed by atoms with Gasteiger partial charge in [0.1, 0.15) is 0 Å². The Kier molecular flexibility index (Phi) is 7.29. The number of anilines is 1. The summed E-state index contributed by atoms with van der Waals surface area (Å²) in [5.41, 5.74) is 2.54. The van der Waals surface area contributed by atoms with Crippen LogP contribution in [0.3, 0.4) is 0 Å². The average molecular weight is 509 g/mol. The summed E-state index contributed by atoms with van der Waals surface area (Å²) in [6, 6.07) is 9.34. The van der Waals surface area contributed by atoms with E-state index in [9.17, 15) is 15.0 Å². The first kappa shape index (κ1) is 26.5. The zero-order valence-electron chi connectivity index (χ0n) is 22.7. The van der Waals surface area contributed by atoms with E-state index in [4.69, 9.17) is 4.74 Å². The van der Waals surface area contributed by atoms with Crippen LogP contribution in [0.15, 0.2) is 53.6 Å². The number of ether oxygens (including phenoxy) is 1. The van der Waals surface area contributed by atoms with E-state index in [1.807, 2.05) is 30.3 Å². The van der Waals surface area contributed by atoms with Crippen molar-refractivity contribution in [3.63, 3.8) is 0 Å². The molecule has 4 aliphatic rings. The summed E-state index contributed by atoms with van der Waals surface area (Å²) in [4.78, 5) is 15.2. The van der Waals surface area contributed by atoms with Crippen LogP contribution in [0.4, 0.5) is 10.5 Å². The molecular formula is C31H44N2O4. The van der Waals surface area contributed by atoms with Crippen LogP contribution in [0, 0.1) is 22.7 Å².